The first-order chi connectivity index (χ1) is 15.1. The Morgan fingerprint density at radius 3 is 2.97 bits per heavy atom. The monoisotopic (exact) mass is 435 g/mol. The summed E-state index contributed by atoms with van der Waals surface area (Å²) >= 11 is 1.70. The lowest BCUT2D eigenvalue weighted by atomic mass is 9.83. The molecule has 0 amide bonds. The molecule has 0 radical (unpaired) electrons. The number of aromatic nitrogens is 1. The first-order valence-corrected chi connectivity index (χ1v) is 11.7. The summed E-state index contributed by atoms with van der Waals surface area (Å²) in [6.45, 7) is 5.55. The van der Waals surface area contributed by atoms with E-state index in [0.717, 1.165) is 23.7 Å². The van der Waals surface area contributed by atoms with Crippen LogP contribution in [0.2, 0.25) is 0 Å². The normalized spacial score (nSPS) is 22.3. The van der Waals surface area contributed by atoms with Gasteiger partial charge in [0.25, 0.3) is 0 Å². The molecule has 2 aliphatic rings. The van der Waals surface area contributed by atoms with Crippen LogP contribution in [-0.2, 0) is 4.74 Å². The van der Waals surface area contributed by atoms with Gasteiger partial charge in [0.2, 0.25) is 0 Å². The molecule has 0 saturated heterocycles. The maximum atomic E-state index is 9.54. The maximum Gasteiger partial charge on any atom is 0.137 e. The molecule has 6 heteroatoms. The quantitative estimate of drug-likeness (QED) is 0.588. The Hall–Kier alpha value is -2.46. The van der Waals surface area contributed by atoms with Gasteiger partial charge in [-0.3, -0.25) is 0 Å². The lowest BCUT2D eigenvalue weighted by Gasteiger charge is -2.26. The zero-order valence-corrected chi connectivity index (χ0v) is 19.1. The van der Waals surface area contributed by atoms with Gasteiger partial charge in [0.1, 0.15) is 16.8 Å². The molecule has 1 heterocycles. The highest BCUT2D eigenvalue weighted by molar-refractivity contribution is 7.16. The largest absolute Gasteiger partial charge is 0.490 e. The van der Waals surface area contributed by atoms with Crippen molar-refractivity contribution in [1.82, 2.24) is 10.3 Å². The van der Waals surface area contributed by atoms with E-state index in [1.165, 1.54) is 23.3 Å². The van der Waals surface area contributed by atoms with Crippen molar-refractivity contribution in [2.45, 2.75) is 38.8 Å². The predicted molar refractivity (Wildman–Crippen MR) is 125 cm³/mol. The van der Waals surface area contributed by atoms with Gasteiger partial charge in [-0.1, -0.05) is 18.2 Å². The lowest BCUT2D eigenvalue weighted by molar-refractivity contribution is 0.193. The molecular formula is C25H29N3O2S. The first kappa shape index (κ1) is 21.8. The number of benzene rings is 1. The van der Waals surface area contributed by atoms with Gasteiger partial charge < -0.3 is 14.8 Å². The summed E-state index contributed by atoms with van der Waals surface area (Å²) in [5, 5.41) is 14.1. The molecule has 162 valence electrons. The highest BCUT2D eigenvalue weighted by Crippen LogP contribution is 2.46. The predicted octanol–water partition coefficient (Wildman–Crippen LogP) is 5.05. The number of rotatable bonds is 8. The molecule has 3 atom stereocenters. The number of hydrogen-bond acceptors (Lipinski definition) is 6. The molecule has 1 saturated carbocycles. The molecule has 1 aromatic heterocycles. The zero-order chi connectivity index (χ0) is 21.8. The number of methoxy groups -OCH3 is 1. The molecule has 3 unspecified atom stereocenters. The molecule has 0 aliphatic heterocycles. The fraction of sp³-hybridized carbons (Fsp3) is 0.440. The van der Waals surface area contributed by atoms with E-state index in [9.17, 15) is 5.26 Å². The average molecular weight is 436 g/mol. The van der Waals surface area contributed by atoms with E-state index in [1.54, 1.807) is 18.4 Å². The van der Waals surface area contributed by atoms with Gasteiger partial charge in [-0.2, -0.15) is 5.26 Å². The summed E-state index contributed by atoms with van der Waals surface area (Å²) in [7, 11) is 1.74. The molecule has 1 N–H and O–H groups in total. The van der Waals surface area contributed by atoms with E-state index in [0.29, 0.717) is 29.2 Å². The number of allylic oxidation sites excluding steroid dienone is 3. The van der Waals surface area contributed by atoms with E-state index >= 15 is 0 Å². The Bertz CT molecular complexity index is 1020. The van der Waals surface area contributed by atoms with Crippen LogP contribution in [0.5, 0.6) is 5.75 Å². The van der Waals surface area contributed by atoms with Crippen molar-refractivity contribution in [2.75, 3.05) is 20.3 Å². The molecule has 4 rings (SSSR count). The van der Waals surface area contributed by atoms with Crippen molar-refractivity contribution < 1.29 is 9.47 Å². The number of ether oxygens (including phenoxy) is 2. The smallest absolute Gasteiger partial charge is 0.137 e. The Labute approximate surface area is 188 Å². The molecule has 1 aromatic carbocycles. The van der Waals surface area contributed by atoms with E-state index < -0.39 is 0 Å². The van der Waals surface area contributed by atoms with Gasteiger partial charge in [0.05, 0.1) is 23.2 Å². The summed E-state index contributed by atoms with van der Waals surface area (Å²) in [4.78, 5) is 5.91. The number of fused-ring (bicyclic) bond motifs is 1. The average Bonchev–Trinajstić information content (AvgIpc) is 3.41. The Morgan fingerprint density at radius 2 is 2.19 bits per heavy atom. The fourth-order valence-corrected chi connectivity index (χ4v) is 5.57. The topological polar surface area (TPSA) is 67.2 Å². The van der Waals surface area contributed by atoms with Gasteiger partial charge in [-0.05, 0) is 62.3 Å². The Balaban J connectivity index is 1.52. The second-order valence-electron chi connectivity index (χ2n) is 8.34. The van der Waals surface area contributed by atoms with Crippen LogP contribution in [0.1, 0.15) is 37.1 Å². The number of nitrogens with one attached hydrogen (secondary N) is 1. The zero-order valence-electron chi connectivity index (χ0n) is 18.3. The van der Waals surface area contributed by atoms with Crippen LogP contribution in [0, 0.1) is 23.2 Å². The van der Waals surface area contributed by atoms with Crippen molar-refractivity contribution in [3.8, 4) is 22.4 Å². The Kier molecular flexibility index (Phi) is 6.86. The van der Waals surface area contributed by atoms with Crippen LogP contribution in [0.3, 0.4) is 0 Å². The molecule has 1 fully saturated rings. The minimum absolute atomic E-state index is 0.0304. The molecular weight excluding hydrogens is 406 g/mol. The lowest BCUT2D eigenvalue weighted by Crippen LogP contribution is -2.36. The van der Waals surface area contributed by atoms with Crippen molar-refractivity contribution >= 4 is 16.9 Å². The van der Waals surface area contributed by atoms with Crippen molar-refractivity contribution in [3.63, 3.8) is 0 Å². The van der Waals surface area contributed by atoms with Crippen molar-refractivity contribution in [1.29, 1.82) is 5.26 Å². The van der Waals surface area contributed by atoms with E-state index in [2.05, 4.69) is 29.6 Å². The van der Waals surface area contributed by atoms with Gasteiger partial charge >= 0.3 is 0 Å². The summed E-state index contributed by atoms with van der Waals surface area (Å²) < 4.78 is 10.9. The summed E-state index contributed by atoms with van der Waals surface area (Å²) in [6.07, 6.45) is 11.2. The highest BCUT2D eigenvalue weighted by atomic mass is 32.1. The van der Waals surface area contributed by atoms with Crippen LogP contribution in [-0.4, -0.2) is 37.4 Å². The first-order valence-electron chi connectivity index (χ1n) is 10.9. The van der Waals surface area contributed by atoms with E-state index in [1.807, 2.05) is 38.2 Å². The molecule has 5 nitrogen and oxygen atoms in total. The van der Waals surface area contributed by atoms with E-state index in [-0.39, 0.29) is 6.10 Å². The second-order valence-corrected chi connectivity index (χ2v) is 9.37. The second kappa shape index (κ2) is 9.78. The number of nitriles is 1. The SMILES string of the molecule is COCCNC1CCC2C(c3cnc(-c4ccc(OC(C)C)c(C#N)c4)s3)=CC=CC12. The van der Waals surface area contributed by atoms with E-state index in [4.69, 9.17) is 14.5 Å². The molecule has 0 spiro atoms. The van der Waals surface area contributed by atoms with Crippen LogP contribution in [0.25, 0.3) is 16.1 Å². The minimum Gasteiger partial charge on any atom is -0.490 e. The van der Waals surface area contributed by atoms with Gasteiger partial charge in [-0.25, -0.2) is 4.98 Å². The molecule has 31 heavy (non-hydrogen) atoms. The summed E-state index contributed by atoms with van der Waals surface area (Å²) in [6, 6.07) is 8.50. The standard InChI is InChI=1S/C25H29N3O2S/c1-16(2)30-23-10-7-17(13-18(23)14-26)25-28-15-24(31-25)21-6-4-5-20-19(21)8-9-22(20)27-11-12-29-3/h4-7,10,13,15-16,19-20,22,27H,8-9,11-12H2,1-3H3. The third kappa shape index (κ3) is 4.74. The summed E-state index contributed by atoms with van der Waals surface area (Å²) in [5.74, 6) is 1.66. The number of hydrogen-bond donors (Lipinski definition) is 1. The number of nitrogens with zero attached hydrogens (tertiary/aromatic N) is 2. The van der Waals surface area contributed by atoms with Gasteiger partial charge in [0, 0.05) is 31.5 Å². The van der Waals surface area contributed by atoms with Crippen LogP contribution in [0.15, 0.2) is 42.6 Å². The van der Waals surface area contributed by atoms with Crippen molar-refractivity contribution in [3.05, 3.63) is 53.1 Å². The number of thiazole rings is 1. The van der Waals surface area contributed by atoms with Crippen molar-refractivity contribution in [2.24, 2.45) is 11.8 Å². The van der Waals surface area contributed by atoms with Crippen LogP contribution in [0.4, 0.5) is 0 Å². The fourth-order valence-electron chi connectivity index (χ4n) is 4.56. The highest BCUT2D eigenvalue weighted by Gasteiger charge is 2.38. The van der Waals surface area contributed by atoms with Crippen LogP contribution >= 0.6 is 11.3 Å². The minimum atomic E-state index is 0.0304. The molecule has 2 aromatic rings. The third-order valence-electron chi connectivity index (χ3n) is 5.94. The summed E-state index contributed by atoms with van der Waals surface area (Å²) in [5.41, 5.74) is 2.88. The van der Waals surface area contributed by atoms with Gasteiger partial charge in [-0.15, -0.1) is 11.3 Å². The van der Waals surface area contributed by atoms with Gasteiger partial charge in [0.15, 0.2) is 0 Å². The molecule has 2 aliphatic carbocycles. The maximum absolute atomic E-state index is 9.54. The molecule has 0 bridgehead atoms. The Morgan fingerprint density at radius 1 is 1.32 bits per heavy atom. The third-order valence-corrected chi connectivity index (χ3v) is 7.03. The van der Waals surface area contributed by atoms with Crippen LogP contribution < -0.4 is 10.1 Å².